The number of nitrogens with two attached hydrogens (primary N) is 1. The number of amides is 1. The van der Waals surface area contributed by atoms with Gasteiger partial charge >= 0.3 is 0 Å². The van der Waals surface area contributed by atoms with Crippen molar-refractivity contribution in [1.29, 1.82) is 0 Å². The average Bonchev–Trinajstić information content (AvgIpc) is 3.21. The van der Waals surface area contributed by atoms with E-state index in [1.807, 2.05) is 30.3 Å². The fourth-order valence-corrected chi connectivity index (χ4v) is 4.18. The molecule has 0 aliphatic carbocycles. The predicted molar refractivity (Wildman–Crippen MR) is 89.1 cm³/mol. The zero-order valence-corrected chi connectivity index (χ0v) is 14.2. The minimum atomic E-state index is -0.376. The minimum absolute atomic E-state index is 0.198. The zero-order valence-electron chi connectivity index (χ0n) is 11.7. The average molecular weight is 365 g/mol. The molecular weight excluding hydrogens is 354 g/mol. The summed E-state index contributed by atoms with van der Waals surface area (Å²) in [5, 5.41) is 16.1. The third kappa shape index (κ3) is 4.53. The van der Waals surface area contributed by atoms with Crippen molar-refractivity contribution in [3.8, 4) is 11.5 Å². The molecule has 0 fully saturated rings. The van der Waals surface area contributed by atoms with E-state index in [-0.39, 0.29) is 11.7 Å². The Hall–Kier alpha value is -1.91. The Labute approximate surface area is 144 Å². The molecule has 2 aromatic heterocycles. The van der Waals surface area contributed by atoms with Crippen LogP contribution in [0.5, 0.6) is 0 Å². The van der Waals surface area contributed by atoms with E-state index in [4.69, 9.17) is 10.2 Å². The highest BCUT2D eigenvalue weighted by atomic mass is 32.2. The second-order valence-electron chi connectivity index (χ2n) is 4.24. The van der Waals surface area contributed by atoms with Crippen LogP contribution in [-0.4, -0.2) is 32.1 Å². The maximum atomic E-state index is 10.7. The molecule has 0 saturated carbocycles. The normalized spacial score (nSPS) is 10.8. The Morgan fingerprint density at radius 3 is 2.57 bits per heavy atom. The van der Waals surface area contributed by atoms with Crippen molar-refractivity contribution >= 4 is 40.8 Å². The first kappa shape index (κ1) is 16.0. The summed E-state index contributed by atoms with van der Waals surface area (Å²) >= 11 is 4.14. The van der Waals surface area contributed by atoms with E-state index >= 15 is 0 Å². The van der Waals surface area contributed by atoms with E-state index in [9.17, 15) is 4.79 Å². The molecule has 23 heavy (non-hydrogen) atoms. The number of primary amides is 1. The van der Waals surface area contributed by atoms with Gasteiger partial charge in [-0.25, -0.2) is 0 Å². The monoisotopic (exact) mass is 365 g/mol. The first-order valence-electron chi connectivity index (χ1n) is 6.46. The number of nitrogens with zero attached hydrogens (tertiary/aromatic N) is 4. The number of thioether (sulfide) groups is 2. The van der Waals surface area contributed by atoms with Crippen LogP contribution in [0.2, 0.25) is 0 Å². The summed E-state index contributed by atoms with van der Waals surface area (Å²) in [7, 11) is 0. The number of carbonyl (C=O) groups is 1. The highest BCUT2D eigenvalue weighted by molar-refractivity contribution is 8.03. The van der Waals surface area contributed by atoms with Gasteiger partial charge in [-0.2, -0.15) is 0 Å². The Morgan fingerprint density at radius 2 is 1.83 bits per heavy atom. The van der Waals surface area contributed by atoms with E-state index in [0.717, 1.165) is 9.90 Å². The summed E-state index contributed by atoms with van der Waals surface area (Å²) in [5.74, 6) is 1.35. The van der Waals surface area contributed by atoms with Gasteiger partial charge in [0, 0.05) is 5.56 Å². The first-order valence-corrected chi connectivity index (χ1v) is 9.24. The molecule has 0 atom stereocenters. The van der Waals surface area contributed by atoms with Crippen LogP contribution in [-0.2, 0) is 10.5 Å². The standard InChI is InChI=1S/C13H11N5O2S3/c14-9(19)6-21-12-17-18-13(23-12)22-7-10-15-16-11(20-10)8-4-2-1-3-5-8/h1-5H,6-7H2,(H2,14,19). The summed E-state index contributed by atoms with van der Waals surface area (Å²) in [4.78, 5) is 10.7. The first-order chi connectivity index (χ1) is 11.2. The molecule has 0 radical (unpaired) electrons. The van der Waals surface area contributed by atoms with Crippen molar-refractivity contribution in [3.05, 3.63) is 36.2 Å². The van der Waals surface area contributed by atoms with Crippen LogP contribution in [0, 0.1) is 0 Å². The fraction of sp³-hybridized carbons (Fsp3) is 0.154. The third-order valence-electron chi connectivity index (χ3n) is 2.53. The lowest BCUT2D eigenvalue weighted by molar-refractivity contribution is -0.115. The van der Waals surface area contributed by atoms with Gasteiger partial charge in [0.25, 0.3) is 0 Å². The Bertz CT molecular complexity index is 790. The molecular formula is C13H11N5O2S3. The van der Waals surface area contributed by atoms with E-state index in [1.165, 1.54) is 34.9 Å². The molecule has 0 bridgehead atoms. The predicted octanol–water partition coefficient (Wildman–Crippen LogP) is 2.46. The second-order valence-corrected chi connectivity index (χ2v) is 7.67. The number of carbonyl (C=O) groups excluding carboxylic acids is 1. The molecule has 0 spiro atoms. The van der Waals surface area contributed by atoms with Gasteiger partial charge in [0.2, 0.25) is 17.7 Å². The van der Waals surface area contributed by atoms with Crippen LogP contribution in [0.25, 0.3) is 11.5 Å². The Morgan fingerprint density at radius 1 is 1.09 bits per heavy atom. The van der Waals surface area contributed by atoms with Crippen molar-refractivity contribution in [3.63, 3.8) is 0 Å². The topological polar surface area (TPSA) is 108 Å². The summed E-state index contributed by atoms with van der Waals surface area (Å²) in [6, 6.07) is 9.59. The molecule has 1 aromatic carbocycles. The second kappa shape index (κ2) is 7.57. The summed E-state index contributed by atoms with van der Waals surface area (Å²) in [5.41, 5.74) is 5.98. The number of aromatic nitrogens is 4. The Balaban J connectivity index is 1.57. The van der Waals surface area contributed by atoms with Crippen molar-refractivity contribution in [2.45, 2.75) is 14.4 Å². The summed E-state index contributed by atoms with van der Waals surface area (Å²) in [6.45, 7) is 0. The lowest BCUT2D eigenvalue weighted by Gasteiger charge is -1.93. The molecule has 1 amide bonds. The molecule has 0 aliphatic rings. The smallest absolute Gasteiger partial charge is 0.247 e. The van der Waals surface area contributed by atoms with Gasteiger partial charge < -0.3 is 10.2 Å². The molecule has 0 saturated heterocycles. The largest absolute Gasteiger partial charge is 0.420 e. The molecule has 0 unspecified atom stereocenters. The van der Waals surface area contributed by atoms with Gasteiger partial charge in [-0.15, -0.1) is 20.4 Å². The fourth-order valence-electron chi connectivity index (χ4n) is 1.58. The molecule has 3 aromatic rings. The zero-order chi connectivity index (χ0) is 16.1. The lowest BCUT2D eigenvalue weighted by atomic mass is 10.2. The van der Waals surface area contributed by atoms with Gasteiger partial charge in [0.1, 0.15) is 0 Å². The maximum Gasteiger partial charge on any atom is 0.247 e. The van der Waals surface area contributed by atoms with Gasteiger partial charge in [0.15, 0.2) is 8.68 Å². The van der Waals surface area contributed by atoms with Gasteiger partial charge in [-0.05, 0) is 12.1 Å². The van der Waals surface area contributed by atoms with Gasteiger partial charge in [-0.1, -0.05) is 53.1 Å². The maximum absolute atomic E-state index is 10.7. The van der Waals surface area contributed by atoms with Crippen molar-refractivity contribution < 1.29 is 9.21 Å². The molecule has 0 aliphatic heterocycles. The number of hydrogen-bond donors (Lipinski definition) is 1. The third-order valence-corrected chi connectivity index (χ3v) is 5.73. The van der Waals surface area contributed by atoms with E-state index in [0.29, 0.717) is 21.9 Å². The highest BCUT2D eigenvalue weighted by Gasteiger charge is 2.11. The Kier molecular flexibility index (Phi) is 5.26. The number of rotatable bonds is 7. The molecule has 2 N–H and O–H groups in total. The molecule has 3 rings (SSSR count). The van der Waals surface area contributed by atoms with Crippen LogP contribution in [0.15, 0.2) is 43.4 Å². The minimum Gasteiger partial charge on any atom is -0.420 e. The van der Waals surface area contributed by atoms with Crippen LogP contribution >= 0.6 is 34.9 Å². The summed E-state index contributed by atoms with van der Waals surface area (Å²) in [6.07, 6.45) is 0. The van der Waals surface area contributed by atoms with Crippen LogP contribution in [0.1, 0.15) is 5.89 Å². The van der Waals surface area contributed by atoms with Gasteiger partial charge in [-0.3, -0.25) is 4.79 Å². The van der Waals surface area contributed by atoms with Crippen LogP contribution in [0.4, 0.5) is 0 Å². The summed E-state index contributed by atoms with van der Waals surface area (Å²) < 4.78 is 7.11. The SMILES string of the molecule is NC(=O)CSc1nnc(SCc2nnc(-c3ccccc3)o2)s1. The van der Waals surface area contributed by atoms with Crippen molar-refractivity contribution in [1.82, 2.24) is 20.4 Å². The van der Waals surface area contributed by atoms with Crippen molar-refractivity contribution in [2.75, 3.05) is 5.75 Å². The van der Waals surface area contributed by atoms with Crippen molar-refractivity contribution in [2.24, 2.45) is 5.73 Å². The molecule has 118 valence electrons. The number of hydrogen-bond acceptors (Lipinski definition) is 9. The van der Waals surface area contributed by atoms with Gasteiger partial charge in [0.05, 0.1) is 11.5 Å². The van der Waals surface area contributed by atoms with E-state index in [1.54, 1.807) is 0 Å². The molecule has 2 heterocycles. The quantitative estimate of drug-likeness (QED) is 0.636. The lowest BCUT2D eigenvalue weighted by Crippen LogP contribution is -2.12. The molecule has 10 heteroatoms. The van der Waals surface area contributed by atoms with Crippen LogP contribution < -0.4 is 5.73 Å². The van der Waals surface area contributed by atoms with E-state index < -0.39 is 0 Å². The molecule has 7 nitrogen and oxygen atoms in total. The highest BCUT2D eigenvalue weighted by Crippen LogP contribution is 2.30. The van der Waals surface area contributed by atoms with Crippen LogP contribution in [0.3, 0.4) is 0 Å². The van der Waals surface area contributed by atoms with E-state index in [2.05, 4.69) is 20.4 Å². The number of benzene rings is 1.